The summed E-state index contributed by atoms with van der Waals surface area (Å²) in [5.41, 5.74) is 0.220. The minimum atomic E-state index is -0.975. The number of benzene rings is 2. The second-order valence-corrected chi connectivity index (χ2v) is 10.0. The van der Waals surface area contributed by atoms with Crippen LogP contribution in [-0.2, 0) is 4.79 Å². The molecule has 0 saturated carbocycles. The predicted octanol–water partition coefficient (Wildman–Crippen LogP) is 6.83. The highest BCUT2D eigenvalue weighted by atomic mass is 32.2. The van der Waals surface area contributed by atoms with E-state index in [4.69, 9.17) is 14.9 Å². The molecular weight excluding hydrogens is 476 g/mol. The van der Waals surface area contributed by atoms with Crippen LogP contribution in [0, 0.1) is 0 Å². The van der Waals surface area contributed by atoms with Crippen molar-refractivity contribution in [2.45, 2.75) is 80.5 Å². The summed E-state index contributed by atoms with van der Waals surface area (Å²) in [4.78, 5) is 22.7. The number of carbonyl (C=O) groups is 2. The normalized spacial score (nSPS) is 12.9. The van der Waals surface area contributed by atoms with E-state index in [9.17, 15) is 14.7 Å². The standard InChI is InChI=1S/C29H38O6S/c30-26(15-12-17-28(31)32)27(36-25-20-18-23(19-21-25)29(33)34)16-10-5-3-1-2-4-6-11-22-35-24-13-8-7-9-14-24/h7-10,13-14,16,18-21,26-27,30H,1-6,11-12,15,17,22H2,(H,31,32)(H,33,34)/b16-10-/t26-,27+/m0/s1. The lowest BCUT2D eigenvalue weighted by Crippen LogP contribution is -2.21. The van der Waals surface area contributed by atoms with E-state index in [1.54, 1.807) is 24.3 Å². The summed E-state index contributed by atoms with van der Waals surface area (Å²) in [7, 11) is 0. The second kappa shape index (κ2) is 17.6. The lowest BCUT2D eigenvalue weighted by atomic mass is 10.1. The van der Waals surface area contributed by atoms with Crippen molar-refractivity contribution in [2.24, 2.45) is 0 Å². The number of thioether (sulfide) groups is 1. The quantitative estimate of drug-likeness (QED) is 0.107. The average molecular weight is 515 g/mol. The van der Waals surface area contributed by atoms with Gasteiger partial charge in [-0.2, -0.15) is 0 Å². The number of carboxylic acid groups (broad SMARTS) is 2. The van der Waals surface area contributed by atoms with E-state index < -0.39 is 18.0 Å². The highest BCUT2D eigenvalue weighted by Crippen LogP contribution is 2.29. The van der Waals surface area contributed by atoms with Crippen LogP contribution in [0.25, 0.3) is 0 Å². The van der Waals surface area contributed by atoms with Crippen LogP contribution in [0.3, 0.4) is 0 Å². The number of hydrogen-bond donors (Lipinski definition) is 3. The Morgan fingerprint density at radius 3 is 2.19 bits per heavy atom. The molecule has 0 spiro atoms. The van der Waals surface area contributed by atoms with Crippen molar-refractivity contribution in [1.29, 1.82) is 0 Å². The van der Waals surface area contributed by atoms with Crippen molar-refractivity contribution in [3.05, 3.63) is 72.3 Å². The van der Waals surface area contributed by atoms with E-state index in [0.717, 1.165) is 49.4 Å². The number of aliphatic hydroxyl groups excluding tert-OH is 1. The second-order valence-electron chi connectivity index (χ2n) is 8.76. The molecule has 0 heterocycles. The first-order chi connectivity index (χ1) is 17.5. The molecule has 0 aliphatic carbocycles. The van der Waals surface area contributed by atoms with Gasteiger partial charge in [-0.3, -0.25) is 4.79 Å². The molecule has 2 rings (SSSR count). The molecule has 0 aliphatic heterocycles. The van der Waals surface area contributed by atoms with E-state index in [2.05, 4.69) is 6.08 Å². The average Bonchev–Trinajstić information content (AvgIpc) is 2.87. The van der Waals surface area contributed by atoms with Gasteiger partial charge >= 0.3 is 11.9 Å². The van der Waals surface area contributed by atoms with Crippen LogP contribution >= 0.6 is 11.8 Å². The number of aromatic carboxylic acids is 1. The monoisotopic (exact) mass is 514 g/mol. The Kier molecular flexibility index (Phi) is 14.4. The van der Waals surface area contributed by atoms with Gasteiger partial charge in [0.1, 0.15) is 5.75 Å². The number of allylic oxidation sites excluding steroid dienone is 1. The maximum Gasteiger partial charge on any atom is 0.335 e. The predicted molar refractivity (Wildman–Crippen MR) is 144 cm³/mol. The first-order valence-electron chi connectivity index (χ1n) is 12.7. The molecule has 0 amide bonds. The molecule has 7 heteroatoms. The number of unbranched alkanes of at least 4 members (excludes halogenated alkanes) is 6. The lowest BCUT2D eigenvalue weighted by Gasteiger charge is -2.19. The molecular formula is C29H38O6S. The molecule has 36 heavy (non-hydrogen) atoms. The lowest BCUT2D eigenvalue weighted by molar-refractivity contribution is -0.137. The Balaban J connectivity index is 1.69. The zero-order valence-electron chi connectivity index (χ0n) is 20.8. The zero-order chi connectivity index (χ0) is 26.0. The van der Waals surface area contributed by atoms with Gasteiger partial charge in [0.2, 0.25) is 0 Å². The van der Waals surface area contributed by atoms with Crippen molar-refractivity contribution >= 4 is 23.7 Å². The van der Waals surface area contributed by atoms with E-state index >= 15 is 0 Å². The Labute approximate surface area is 218 Å². The number of ether oxygens (including phenoxy) is 1. The van der Waals surface area contributed by atoms with E-state index in [1.165, 1.54) is 24.6 Å². The number of aliphatic carboxylic acids is 1. The van der Waals surface area contributed by atoms with E-state index in [1.807, 2.05) is 36.4 Å². The molecule has 2 aromatic rings. The number of para-hydroxylation sites is 1. The smallest absolute Gasteiger partial charge is 0.335 e. The topological polar surface area (TPSA) is 104 Å². The molecule has 3 N–H and O–H groups in total. The fourth-order valence-electron chi connectivity index (χ4n) is 3.71. The number of carboxylic acids is 2. The molecule has 2 atom stereocenters. The molecule has 196 valence electrons. The molecule has 0 saturated heterocycles. The van der Waals surface area contributed by atoms with Gasteiger partial charge in [0.25, 0.3) is 0 Å². The van der Waals surface area contributed by atoms with Crippen LogP contribution in [0.1, 0.15) is 74.6 Å². The van der Waals surface area contributed by atoms with E-state index in [0.29, 0.717) is 12.8 Å². The molecule has 6 nitrogen and oxygen atoms in total. The van der Waals surface area contributed by atoms with Crippen LogP contribution in [0.15, 0.2) is 71.6 Å². The minimum Gasteiger partial charge on any atom is -0.494 e. The Morgan fingerprint density at radius 1 is 0.861 bits per heavy atom. The summed E-state index contributed by atoms with van der Waals surface area (Å²) in [6.45, 7) is 0.750. The van der Waals surface area contributed by atoms with E-state index in [-0.39, 0.29) is 17.2 Å². The van der Waals surface area contributed by atoms with Crippen LogP contribution in [-0.4, -0.2) is 45.2 Å². The SMILES string of the molecule is O=C(O)CCC[C@H](O)[C@@H](/C=C\CCCCCCCCOc1ccccc1)Sc1ccc(C(=O)O)cc1. The first kappa shape index (κ1) is 29.5. The van der Waals surface area contributed by atoms with Crippen molar-refractivity contribution in [2.75, 3.05) is 6.61 Å². The highest BCUT2D eigenvalue weighted by Gasteiger charge is 2.18. The van der Waals surface area contributed by atoms with Gasteiger partial charge in [-0.15, -0.1) is 11.8 Å². The van der Waals surface area contributed by atoms with Gasteiger partial charge in [0.15, 0.2) is 0 Å². The highest BCUT2D eigenvalue weighted by molar-refractivity contribution is 8.00. The number of aliphatic hydroxyl groups is 1. The molecule has 0 aliphatic rings. The van der Waals surface area contributed by atoms with Crippen molar-refractivity contribution < 1.29 is 29.6 Å². The maximum absolute atomic E-state index is 11.1. The van der Waals surface area contributed by atoms with Gasteiger partial charge in [-0.25, -0.2) is 4.79 Å². The summed E-state index contributed by atoms with van der Waals surface area (Å²) < 4.78 is 5.72. The van der Waals surface area contributed by atoms with Gasteiger partial charge in [0, 0.05) is 11.3 Å². The Bertz CT molecular complexity index is 913. The molecule has 2 aromatic carbocycles. The summed E-state index contributed by atoms with van der Waals surface area (Å²) in [5.74, 6) is -0.919. The summed E-state index contributed by atoms with van der Waals surface area (Å²) >= 11 is 1.46. The van der Waals surface area contributed by atoms with Gasteiger partial charge < -0.3 is 20.1 Å². The Morgan fingerprint density at radius 2 is 1.53 bits per heavy atom. The van der Waals surface area contributed by atoms with Gasteiger partial charge in [0.05, 0.1) is 23.5 Å². The number of rotatable bonds is 19. The van der Waals surface area contributed by atoms with Crippen LogP contribution in [0.5, 0.6) is 5.75 Å². The fraction of sp³-hybridized carbons (Fsp3) is 0.448. The number of hydrogen-bond acceptors (Lipinski definition) is 5. The third-order valence-corrected chi connectivity index (χ3v) is 7.03. The summed E-state index contributed by atoms with van der Waals surface area (Å²) in [6.07, 6.45) is 12.0. The fourth-order valence-corrected chi connectivity index (χ4v) is 4.80. The minimum absolute atomic E-state index is 0.0316. The van der Waals surface area contributed by atoms with Crippen molar-refractivity contribution in [3.8, 4) is 5.75 Å². The third-order valence-electron chi connectivity index (χ3n) is 5.75. The van der Waals surface area contributed by atoms with Gasteiger partial charge in [-0.1, -0.05) is 56.0 Å². The summed E-state index contributed by atoms with van der Waals surface area (Å²) in [5, 5.41) is 28.4. The Hall–Kier alpha value is -2.77. The van der Waals surface area contributed by atoms with Crippen LogP contribution in [0.4, 0.5) is 0 Å². The molecule has 0 bridgehead atoms. The third kappa shape index (κ3) is 12.8. The summed E-state index contributed by atoms with van der Waals surface area (Å²) in [6, 6.07) is 16.5. The first-order valence-corrected chi connectivity index (χ1v) is 13.6. The largest absolute Gasteiger partial charge is 0.494 e. The van der Waals surface area contributed by atoms with Crippen molar-refractivity contribution in [3.63, 3.8) is 0 Å². The molecule has 0 unspecified atom stereocenters. The van der Waals surface area contributed by atoms with Gasteiger partial charge in [-0.05, 0) is 68.5 Å². The van der Waals surface area contributed by atoms with Crippen molar-refractivity contribution in [1.82, 2.24) is 0 Å². The molecule has 0 radical (unpaired) electrons. The molecule has 0 aromatic heterocycles. The van der Waals surface area contributed by atoms with Crippen LogP contribution < -0.4 is 4.74 Å². The maximum atomic E-state index is 11.1. The van der Waals surface area contributed by atoms with Crippen LogP contribution in [0.2, 0.25) is 0 Å². The molecule has 0 fully saturated rings. The zero-order valence-corrected chi connectivity index (χ0v) is 21.6.